The maximum Gasteiger partial charge on any atom is 0.329 e. The second-order valence-corrected chi connectivity index (χ2v) is 3.99. The Morgan fingerprint density at radius 1 is 1.50 bits per heavy atom. The number of hydrogen-bond donors (Lipinski definition) is 2. The Kier molecular flexibility index (Phi) is 3.43. The van der Waals surface area contributed by atoms with E-state index in [2.05, 4.69) is 15.3 Å². The first-order chi connectivity index (χ1) is 9.51. The third kappa shape index (κ3) is 2.62. The van der Waals surface area contributed by atoms with Crippen molar-refractivity contribution in [2.45, 2.75) is 6.92 Å². The summed E-state index contributed by atoms with van der Waals surface area (Å²) >= 11 is 0. The molecule has 0 atom stereocenters. The lowest BCUT2D eigenvalue weighted by atomic mass is 10.1. The molecule has 8 nitrogen and oxygen atoms in total. The van der Waals surface area contributed by atoms with Crippen molar-refractivity contribution in [2.24, 2.45) is 0 Å². The SMILES string of the molecule is Cc1ccc(C#N)cc1Nc1nc(N)ncc1[N+](=O)[O-]. The van der Waals surface area contributed by atoms with Gasteiger partial charge < -0.3 is 11.1 Å². The second-order valence-electron chi connectivity index (χ2n) is 3.99. The zero-order valence-electron chi connectivity index (χ0n) is 10.5. The largest absolute Gasteiger partial charge is 0.368 e. The number of nitriles is 1. The first-order valence-electron chi connectivity index (χ1n) is 5.56. The summed E-state index contributed by atoms with van der Waals surface area (Å²) in [5.74, 6) is -0.0899. The number of nitrogens with two attached hydrogens (primary N) is 1. The Labute approximate surface area is 114 Å². The Hall–Kier alpha value is -3.21. The highest BCUT2D eigenvalue weighted by Gasteiger charge is 2.17. The smallest absolute Gasteiger partial charge is 0.329 e. The van der Waals surface area contributed by atoms with Crippen LogP contribution >= 0.6 is 0 Å². The molecule has 0 saturated carbocycles. The molecule has 0 unspecified atom stereocenters. The first-order valence-corrected chi connectivity index (χ1v) is 5.56. The summed E-state index contributed by atoms with van der Waals surface area (Å²) in [6.07, 6.45) is 1.04. The number of anilines is 3. The Bertz CT molecular complexity index is 722. The van der Waals surface area contributed by atoms with E-state index >= 15 is 0 Å². The molecule has 0 saturated heterocycles. The van der Waals surface area contributed by atoms with Crippen molar-refractivity contribution >= 4 is 23.1 Å². The van der Waals surface area contributed by atoms with Crippen LogP contribution < -0.4 is 11.1 Å². The Morgan fingerprint density at radius 2 is 2.25 bits per heavy atom. The van der Waals surface area contributed by atoms with Gasteiger partial charge in [0.05, 0.1) is 16.6 Å². The number of nitrogens with zero attached hydrogens (tertiary/aromatic N) is 4. The minimum Gasteiger partial charge on any atom is -0.368 e. The van der Waals surface area contributed by atoms with Crippen LogP contribution in [0.1, 0.15) is 11.1 Å². The molecule has 2 rings (SSSR count). The van der Waals surface area contributed by atoms with E-state index in [9.17, 15) is 10.1 Å². The molecule has 20 heavy (non-hydrogen) atoms. The zero-order valence-corrected chi connectivity index (χ0v) is 10.5. The zero-order chi connectivity index (χ0) is 14.7. The van der Waals surface area contributed by atoms with E-state index < -0.39 is 4.92 Å². The highest BCUT2D eigenvalue weighted by atomic mass is 16.6. The van der Waals surface area contributed by atoms with Crippen LogP contribution in [0.5, 0.6) is 0 Å². The number of aromatic nitrogens is 2. The van der Waals surface area contributed by atoms with Crippen LogP contribution in [0, 0.1) is 28.4 Å². The topological polar surface area (TPSA) is 131 Å². The highest BCUT2D eigenvalue weighted by molar-refractivity contribution is 5.69. The van der Waals surface area contributed by atoms with Crippen molar-refractivity contribution in [3.8, 4) is 6.07 Å². The normalized spacial score (nSPS) is 9.80. The van der Waals surface area contributed by atoms with Gasteiger partial charge in [-0.15, -0.1) is 0 Å². The first kappa shape index (κ1) is 13.2. The van der Waals surface area contributed by atoms with Gasteiger partial charge >= 0.3 is 5.69 Å². The van der Waals surface area contributed by atoms with Gasteiger partial charge in [-0.25, -0.2) is 4.98 Å². The average molecular weight is 270 g/mol. The van der Waals surface area contributed by atoms with Gasteiger partial charge in [0.2, 0.25) is 11.8 Å². The summed E-state index contributed by atoms with van der Waals surface area (Å²) in [6.45, 7) is 1.81. The average Bonchev–Trinajstić information content (AvgIpc) is 2.41. The fourth-order valence-corrected chi connectivity index (χ4v) is 1.57. The number of benzene rings is 1. The molecule has 1 aromatic carbocycles. The minimum atomic E-state index is -0.606. The number of aryl methyl sites for hydroxylation is 1. The van der Waals surface area contributed by atoms with Crippen LogP contribution in [0.15, 0.2) is 24.4 Å². The highest BCUT2D eigenvalue weighted by Crippen LogP contribution is 2.27. The van der Waals surface area contributed by atoms with Crippen molar-refractivity contribution in [2.75, 3.05) is 11.1 Å². The summed E-state index contributed by atoms with van der Waals surface area (Å²) in [6, 6.07) is 6.97. The molecule has 3 N–H and O–H groups in total. The van der Waals surface area contributed by atoms with Gasteiger partial charge in [-0.05, 0) is 24.6 Å². The van der Waals surface area contributed by atoms with Crippen molar-refractivity contribution in [1.29, 1.82) is 5.26 Å². The van der Waals surface area contributed by atoms with E-state index in [-0.39, 0.29) is 17.5 Å². The lowest BCUT2D eigenvalue weighted by Crippen LogP contribution is -2.05. The predicted octanol–water partition coefficient (Wildman–Crippen LogP) is 1.89. The lowest BCUT2D eigenvalue weighted by molar-refractivity contribution is -0.384. The van der Waals surface area contributed by atoms with Crippen molar-refractivity contribution in [3.63, 3.8) is 0 Å². The monoisotopic (exact) mass is 270 g/mol. The Balaban J connectivity index is 2.47. The van der Waals surface area contributed by atoms with Crippen molar-refractivity contribution in [3.05, 3.63) is 45.6 Å². The molecule has 0 aliphatic rings. The van der Waals surface area contributed by atoms with Crippen LogP contribution in [0.2, 0.25) is 0 Å². The van der Waals surface area contributed by atoms with Crippen LogP contribution in [-0.2, 0) is 0 Å². The molecule has 1 aromatic heterocycles. The maximum absolute atomic E-state index is 10.9. The molecule has 8 heteroatoms. The molecule has 0 radical (unpaired) electrons. The lowest BCUT2D eigenvalue weighted by Gasteiger charge is -2.09. The van der Waals surface area contributed by atoms with E-state index in [1.54, 1.807) is 25.1 Å². The van der Waals surface area contributed by atoms with Crippen LogP contribution in [0.4, 0.5) is 23.1 Å². The third-order valence-corrected chi connectivity index (χ3v) is 2.60. The molecule has 0 fully saturated rings. The standard InChI is InChI=1S/C12H10N6O2/c1-7-2-3-8(5-13)4-9(7)16-11-10(18(19)20)6-15-12(14)17-11/h2-4,6H,1H3,(H3,14,15,16,17). The van der Waals surface area contributed by atoms with E-state index in [4.69, 9.17) is 11.0 Å². The van der Waals surface area contributed by atoms with E-state index in [0.29, 0.717) is 11.3 Å². The summed E-state index contributed by atoms with van der Waals surface area (Å²) in [7, 11) is 0. The van der Waals surface area contributed by atoms with Crippen LogP contribution in [0.3, 0.4) is 0 Å². The van der Waals surface area contributed by atoms with Crippen molar-refractivity contribution < 1.29 is 4.92 Å². The minimum absolute atomic E-state index is 0.0133. The molecule has 0 spiro atoms. The molecular weight excluding hydrogens is 260 g/mol. The number of nitrogens with one attached hydrogen (secondary N) is 1. The molecule has 100 valence electrons. The fourth-order valence-electron chi connectivity index (χ4n) is 1.57. The maximum atomic E-state index is 10.9. The van der Waals surface area contributed by atoms with Crippen molar-refractivity contribution in [1.82, 2.24) is 9.97 Å². The van der Waals surface area contributed by atoms with Gasteiger partial charge in [-0.2, -0.15) is 10.2 Å². The summed E-state index contributed by atoms with van der Waals surface area (Å²) in [5.41, 5.74) is 6.94. The van der Waals surface area contributed by atoms with Gasteiger partial charge in [0, 0.05) is 5.69 Å². The quantitative estimate of drug-likeness (QED) is 0.643. The number of rotatable bonds is 3. The van der Waals surface area contributed by atoms with Gasteiger partial charge in [0.25, 0.3) is 0 Å². The van der Waals surface area contributed by atoms with Gasteiger partial charge in [-0.1, -0.05) is 6.07 Å². The molecule has 1 heterocycles. The third-order valence-electron chi connectivity index (χ3n) is 2.60. The van der Waals surface area contributed by atoms with Gasteiger partial charge in [0.1, 0.15) is 6.20 Å². The number of hydrogen-bond acceptors (Lipinski definition) is 7. The van der Waals surface area contributed by atoms with E-state index in [0.717, 1.165) is 11.8 Å². The molecule has 0 aliphatic carbocycles. The molecule has 0 aliphatic heterocycles. The predicted molar refractivity (Wildman–Crippen MR) is 72.3 cm³/mol. The van der Waals surface area contributed by atoms with E-state index in [1.807, 2.05) is 6.07 Å². The fraction of sp³-hybridized carbons (Fsp3) is 0.0833. The van der Waals surface area contributed by atoms with Gasteiger partial charge in [0.15, 0.2) is 0 Å². The molecular formula is C12H10N6O2. The number of nitrogen functional groups attached to an aromatic ring is 1. The van der Waals surface area contributed by atoms with Gasteiger partial charge in [-0.3, -0.25) is 10.1 Å². The Morgan fingerprint density at radius 3 is 2.90 bits per heavy atom. The molecule has 0 amide bonds. The summed E-state index contributed by atoms with van der Waals surface area (Å²) in [4.78, 5) is 17.7. The molecule has 2 aromatic rings. The second kappa shape index (κ2) is 5.19. The summed E-state index contributed by atoms with van der Waals surface area (Å²) < 4.78 is 0. The summed E-state index contributed by atoms with van der Waals surface area (Å²) in [5, 5.41) is 22.6. The number of nitro groups is 1. The van der Waals surface area contributed by atoms with Crippen LogP contribution in [0.25, 0.3) is 0 Å². The van der Waals surface area contributed by atoms with E-state index in [1.165, 1.54) is 0 Å². The van der Waals surface area contributed by atoms with Crippen LogP contribution in [-0.4, -0.2) is 14.9 Å². The molecule has 0 bridgehead atoms.